The number of carbonyl (C=O) groups excluding carboxylic acids is 1. The zero-order valence-electron chi connectivity index (χ0n) is 10.9. The molecule has 1 aliphatic rings. The van der Waals surface area contributed by atoms with Crippen LogP contribution >= 0.6 is 11.3 Å². The van der Waals surface area contributed by atoms with Crippen LogP contribution in [0.5, 0.6) is 0 Å². The first-order valence-corrected chi connectivity index (χ1v) is 7.00. The molecular weight excluding hydrogens is 307 g/mol. The van der Waals surface area contributed by atoms with Gasteiger partial charge in [-0.25, -0.2) is 0 Å². The van der Waals surface area contributed by atoms with Gasteiger partial charge in [0.1, 0.15) is 0 Å². The molecule has 0 aromatic carbocycles. The van der Waals surface area contributed by atoms with Gasteiger partial charge in [0.2, 0.25) is 11.7 Å². The fourth-order valence-electron chi connectivity index (χ4n) is 2.22. The minimum atomic E-state index is -4.66. The Balaban J connectivity index is 1.96. The van der Waals surface area contributed by atoms with Gasteiger partial charge >= 0.3 is 12.1 Å². The van der Waals surface area contributed by atoms with Gasteiger partial charge in [0.15, 0.2) is 0 Å². The van der Waals surface area contributed by atoms with Crippen LogP contribution in [0.3, 0.4) is 0 Å². The van der Waals surface area contributed by atoms with Crippen LogP contribution in [0.25, 0.3) is 11.4 Å². The Morgan fingerprint density at radius 1 is 1.48 bits per heavy atom. The second-order valence-electron chi connectivity index (χ2n) is 4.66. The van der Waals surface area contributed by atoms with Gasteiger partial charge in [-0.1, -0.05) is 5.16 Å². The number of fused-ring (bicyclic) bond motifs is 1. The zero-order chi connectivity index (χ0) is 15.2. The first kappa shape index (κ1) is 14.1. The summed E-state index contributed by atoms with van der Waals surface area (Å²) in [6.07, 6.45) is -3.98. The van der Waals surface area contributed by atoms with Crippen LogP contribution < -0.4 is 0 Å². The Labute approximate surface area is 121 Å². The Bertz CT molecular complexity index is 692. The van der Waals surface area contributed by atoms with Gasteiger partial charge in [0.05, 0.1) is 0 Å². The summed E-state index contributed by atoms with van der Waals surface area (Å²) in [6.45, 7) is 2.44. The summed E-state index contributed by atoms with van der Waals surface area (Å²) in [5.74, 6) is -1.52. The second-order valence-corrected chi connectivity index (χ2v) is 5.63. The fraction of sp³-hybridized carbons (Fsp3) is 0.417. The molecule has 1 aliphatic heterocycles. The molecule has 0 bridgehead atoms. The summed E-state index contributed by atoms with van der Waals surface area (Å²) >= 11 is 1.44. The third kappa shape index (κ3) is 2.53. The molecule has 2 aromatic heterocycles. The summed E-state index contributed by atoms with van der Waals surface area (Å²) in [4.78, 5) is 17.5. The Morgan fingerprint density at radius 2 is 2.24 bits per heavy atom. The van der Waals surface area contributed by atoms with Gasteiger partial charge < -0.3 is 9.42 Å². The highest BCUT2D eigenvalue weighted by atomic mass is 32.1. The molecule has 0 aliphatic carbocycles. The lowest BCUT2D eigenvalue weighted by Gasteiger charge is -2.26. The monoisotopic (exact) mass is 317 g/mol. The van der Waals surface area contributed by atoms with Crippen LogP contribution in [-0.4, -0.2) is 27.5 Å². The number of nitrogens with zero attached hydrogens (tertiary/aromatic N) is 3. The van der Waals surface area contributed by atoms with E-state index in [1.54, 1.807) is 10.3 Å². The number of hydrogen-bond acceptors (Lipinski definition) is 5. The van der Waals surface area contributed by atoms with E-state index in [2.05, 4.69) is 14.7 Å². The van der Waals surface area contributed by atoms with Crippen molar-refractivity contribution in [3.05, 3.63) is 21.7 Å². The van der Waals surface area contributed by atoms with Crippen molar-refractivity contribution in [2.24, 2.45) is 0 Å². The molecule has 3 heterocycles. The summed E-state index contributed by atoms with van der Waals surface area (Å²) < 4.78 is 41.8. The van der Waals surface area contributed by atoms with Gasteiger partial charge in [0, 0.05) is 35.8 Å². The number of aromatic nitrogens is 2. The maximum Gasteiger partial charge on any atom is 0.471 e. The number of hydrogen-bond donors (Lipinski definition) is 0. The van der Waals surface area contributed by atoms with Crippen LogP contribution in [0.15, 0.2) is 9.90 Å². The van der Waals surface area contributed by atoms with Crippen LogP contribution in [0, 0.1) is 0 Å². The maximum atomic E-state index is 12.5. The second kappa shape index (κ2) is 4.83. The lowest BCUT2D eigenvalue weighted by Crippen LogP contribution is -2.33. The van der Waals surface area contributed by atoms with E-state index >= 15 is 0 Å². The molecule has 0 saturated carbocycles. The van der Waals surface area contributed by atoms with Gasteiger partial charge in [-0.15, -0.1) is 11.3 Å². The molecule has 5 nitrogen and oxygen atoms in total. The number of alkyl halides is 3. The Hall–Kier alpha value is -1.90. The molecule has 0 saturated heterocycles. The highest BCUT2D eigenvalue weighted by Crippen LogP contribution is 2.36. The van der Waals surface area contributed by atoms with Crippen LogP contribution in [0.4, 0.5) is 13.2 Å². The predicted octanol–water partition coefficient (Wildman–Crippen LogP) is 2.72. The average molecular weight is 317 g/mol. The van der Waals surface area contributed by atoms with Crippen molar-refractivity contribution in [3.63, 3.8) is 0 Å². The van der Waals surface area contributed by atoms with E-state index < -0.39 is 12.1 Å². The standard InChI is InChI=1S/C12H10F3N3O2S/c1-6(19)18-3-2-9-7(4-18)8(5-21-9)10-16-11(20-17-10)12(13,14)15/h5H,2-4H2,1H3. The first-order valence-electron chi connectivity index (χ1n) is 6.12. The lowest BCUT2D eigenvalue weighted by molar-refractivity contribution is -0.159. The van der Waals surface area contributed by atoms with E-state index in [0.29, 0.717) is 25.1 Å². The third-order valence-electron chi connectivity index (χ3n) is 3.29. The third-order valence-corrected chi connectivity index (χ3v) is 4.38. The van der Waals surface area contributed by atoms with E-state index in [-0.39, 0.29) is 11.7 Å². The molecule has 0 atom stereocenters. The Morgan fingerprint density at radius 3 is 2.86 bits per heavy atom. The van der Waals surface area contributed by atoms with Crippen molar-refractivity contribution in [1.82, 2.24) is 15.0 Å². The smallest absolute Gasteiger partial charge is 0.338 e. The predicted molar refractivity (Wildman–Crippen MR) is 67.4 cm³/mol. The van der Waals surface area contributed by atoms with E-state index in [4.69, 9.17) is 0 Å². The van der Waals surface area contributed by atoms with Crippen molar-refractivity contribution in [2.75, 3.05) is 6.54 Å². The number of halogens is 3. The molecule has 21 heavy (non-hydrogen) atoms. The SMILES string of the molecule is CC(=O)N1CCc2scc(-c3noc(C(F)(F)F)n3)c2C1. The fourth-order valence-corrected chi connectivity index (χ4v) is 3.25. The quantitative estimate of drug-likeness (QED) is 0.811. The Kier molecular flexibility index (Phi) is 3.23. The van der Waals surface area contributed by atoms with Crippen molar-refractivity contribution in [2.45, 2.75) is 26.1 Å². The largest absolute Gasteiger partial charge is 0.471 e. The van der Waals surface area contributed by atoms with Crippen molar-refractivity contribution in [3.8, 4) is 11.4 Å². The van der Waals surface area contributed by atoms with Gasteiger partial charge in [-0.3, -0.25) is 4.79 Å². The number of carbonyl (C=O) groups is 1. The van der Waals surface area contributed by atoms with E-state index in [1.165, 1.54) is 18.3 Å². The zero-order valence-corrected chi connectivity index (χ0v) is 11.7. The van der Waals surface area contributed by atoms with Crippen molar-refractivity contribution < 1.29 is 22.5 Å². The average Bonchev–Trinajstić information content (AvgIpc) is 3.03. The first-order chi connectivity index (χ1) is 9.86. The molecule has 0 fully saturated rings. The summed E-state index contributed by atoms with van der Waals surface area (Å²) in [5, 5.41) is 5.11. The maximum absolute atomic E-state index is 12.5. The highest BCUT2D eigenvalue weighted by molar-refractivity contribution is 7.10. The molecule has 0 unspecified atom stereocenters. The normalized spacial score (nSPS) is 15.1. The highest BCUT2D eigenvalue weighted by Gasteiger charge is 2.39. The number of rotatable bonds is 1. The number of amides is 1. The van der Waals surface area contributed by atoms with Crippen LogP contribution in [-0.2, 0) is 23.9 Å². The van der Waals surface area contributed by atoms with Gasteiger partial charge in [-0.2, -0.15) is 18.2 Å². The molecule has 0 N–H and O–H groups in total. The molecule has 3 rings (SSSR count). The van der Waals surface area contributed by atoms with Gasteiger partial charge in [0.25, 0.3) is 0 Å². The molecule has 2 aromatic rings. The van der Waals surface area contributed by atoms with E-state index in [0.717, 1.165) is 10.4 Å². The molecular formula is C12H10F3N3O2S. The number of thiophene rings is 1. The van der Waals surface area contributed by atoms with Crippen molar-refractivity contribution in [1.29, 1.82) is 0 Å². The van der Waals surface area contributed by atoms with Crippen molar-refractivity contribution >= 4 is 17.2 Å². The summed E-state index contributed by atoms with van der Waals surface area (Å²) in [6, 6.07) is 0. The minimum absolute atomic E-state index is 0.0677. The lowest BCUT2D eigenvalue weighted by atomic mass is 10.0. The molecule has 112 valence electrons. The topological polar surface area (TPSA) is 59.2 Å². The van der Waals surface area contributed by atoms with E-state index in [9.17, 15) is 18.0 Å². The summed E-state index contributed by atoms with van der Waals surface area (Å²) in [7, 11) is 0. The molecule has 0 spiro atoms. The van der Waals surface area contributed by atoms with Gasteiger partial charge in [-0.05, 0) is 12.0 Å². The minimum Gasteiger partial charge on any atom is -0.338 e. The summed E-state index contributed by atoms with van der Waals surface area (Å²) in [5.41, 5.74) is 1.30. The molecule has 1 amide bonds. The molecule has 0 radical (unpaired) electrons. The van der Waals surface area contributed by atoms with Crippen LogP contribution in [0.1, 0.15) is 23.3 Å². The van der Waals surface area contributed by atoms with E-state index in [1.807, 2.05) is 0 Å². The molecule has 9 heteroatoms. The van der Waals surface area contributed by atoms with Crippen LogP contribution in [0.2, 0.25) is 0 Å².